The molecule has 0 amide bonds. The molecule has 0 N–H and O–H groups in total. The van der Waals surface area contributed by atoms with Crippen LogP contribution >= 0.6 is 0 Å². The van der Waals surface area contributed by atoms with Crippen molar-refractivity contribution >= 4 is 20.8 Å². The van der Waals surface area contributed by atoms with Crippen LogP contribution in [0, 0.1) is 5.92 Å². The lowest BCUT2D eigenvalue weighted by Gasteiger charge is -2.30. The van der Waals surface area contributed by atoms with E-state index < -0.39 is 10.0 Å². The average Bonchev–Trinajstić information content (AvgIpc) is 3.11. The SMILES string of the molecule is CS(=O)(=O)N1CCC(CCOc2coc(Cn3cc4ccccc4c3)cc2=O)CC1. The first-order chi connectivity index (χ1) is 14.4. The molecule has 0 bridgehead atoms. The number of fused-ring (bicyclic) bond motifs is 1. The Morgan fingerprint density at radius 3 is 2.40 bits per heavy atom. The van der Waals surface area contributed by atoms with Crippen molar-refractivity contribution in [2.75, 3.05) is 26.0 Å². The highest BCUT2D eigenvalue weighted by atomic mass is 32.2. The van der Waals surface area contributed by atoms with E-state index in [1.54, 1.807) is 0 Å². The summed E-state index contributed by atoms with van der Waals surface area (Å²) in [6, 6.07) is 9.56. The molecule has 0 saturated carbocycles. The van der Waals surface area contributed by atoms with Crippen LogP contribution in [0.25, 0.3) is 10.8 Å². The van der Waals surface area contributed by atoms with Gasteiger partial charge in [0.1, 0.15) is 12.0 Å². The predicted octanol–water partition coefficient (Wildman–Crippen LogP) is 3.08. The maximum atomic E-state index is 12.4. The second-order valence-electron chi connectivity index (χ2n) is 7.88. The van der Waals surface area contributed by atoms with Crippen LogP contribution in [0.2, 0.25) is 0 Å². The molecule has 30 heavy (non-hydrogen) atoms. The van der Waals surface area contributed by atoms with E-state index in [9.17, 15) is 13.2 Å². The first-order valence-corrected chi connectivity index (χ1v) is 12.0. The molecule has 3 aromatic rings. The van der Waals surface area contributed by atoms with E-state index in [-0.39, 0.29) is 11.2 Å². The summed E-state index contributed by atoms with van der Waals surface area (Å²) in [6.07, 6.45) is 9.09. The number of ether oxygens (including phenoxy) is 1. The normalized spacial score (nSPS) is 16.2. The summed E-state index contributed by atoms with van der Waals surface area (Å²) >= 11 is 0. The minimum absolute atomic E-state index is 0.195. The molecule has 1 aliphatic heterocycles. The Bertz CT molecular complexity index is 1140. The van der Waals surface area contributed by atoms with Gasteiger partial charge in [-0.25, -0.2) is 12.7 Å². The quantitative estimate of drug-likeness (QED) is 0.575. The second kappa shape index (κ2) is 8.65. The number of piperidine rings is 1. The lowest BCUT2D eigenvalue weighted by Crippen LogP contribution is -2.38. The second-order valence-corrected chi connectivity index (χ2v) is 9.86. The van der Waals surface area contributed by atoms with Crippen molar-refractivity contribution in [3.8, 4) is 5.75 Å². The Morgan fingerprint density at radius 1 is 1.13 bits per heavy atom. The molecule has 4 rings (SSSR count). The molecule has 0 spiro atoms. The van der Waals surface area contributed by atoms with Crippen molar-refractivity contribution in [2.45, 2.75) is 25.8 Å². The molecule has 1 aromatic carbocycles. The molecule has 160 valence electrons. The highest BCUT2D eigenvalue weighted by molar-refractivity contribution is 7.88. The summed E-state index contributed by atoms with van der Waals surface area (Å²) in [5.74, 6) is 1.18. The maximum Gasteiger partial charge on any atom is 0.227 e. The highest BCUT2D eigenvalue weighted by Crippen LogP contribution is 2.22. The van der Waals surface area contributed by atoms with Gasteiger partial charge < -0.3 is 13.7 Å². The van der Waals surface area contributed by atoms with E-state index in [1.807, 2.05) is 41.2 Å². The fourth-order valence-electron chi connectivity index (χ4n) is 3.90. The van der Waals surface area contributed by atoms with E-state index in [1.165, 1.54) is 22.9 Å². The number of rotatable bonds is 7. The van der Waals surface area contributed by atoms with Crippen molar-refractivity contribution < 1.29 is 17.6 Å². The Morgan fingerprint density at radius 2 is 1.80 bits per heavy atom. The highest BCUT2D eigenvalue weighted by Gasteiger charge is 2.24. The van der Waals surface area contributed by atoms with Crippen LogP contribution in [0.1, 0.15) is 25.0 Å². The summed E-state index contributed by atoms with van der Waals surface area (Å²) in [4.78, 5) is 12.4. The van der Waals surface area contributed by atoms with Gasteiger partial charge in [0.05, 0.1) is 19.4 Å². The van der Waals surface area contributed by atoms with Gasteiger partial charge in [0.25, 0.3) is 0 Å². The summed E-state index contributed by atoms with van der Waals surface area (Å²) in [6.45, 7) is 1.99. The molecule has 0 atom stereocenters. The van der Waals surface area contributed by atoms with Crippen molar-refractivity contribution in [1.29, 1.82) is 0 Å². The van der Waals surface area contributed by atoms with Gasteiger partial charge in [-0.1, -0.05) is 24.3 Å². The largest absolute Gasteiger partial charge is 0.487 e. The van der Waals surface area contributed by atoms with Crippen LogP contribution in [0.4, 0.5) is 0 Å². The van der Waals surface area contributed by atoms with E-state index in [2.05, 4.69) is 0 Å². The molecule has 1 fully saturated rings. The third kappa shape index (κ3) is 4.94. The van der Waals surface area contributed by atoms with Gasteiger partial charge in [0.2, 0.25) is 21.2 Å². The first-order valence-electron chi connectivity index (χ1n) is 10.1. The predicted molar refractivity (Wildman–Crippen MR) is 115 cm³/mol. The van der Waals surface area contributed by atoms with Crippen molar-refractivity contribution in [1.82, 2.24) is 8.87 Å². The molecule has 1 aliphatic rings. The van der Waals surface area contributed by atoms with E-state index in [0.717, 1.165) is 30.0 Å². The van der Waals surface area contributed by atoms with Crippen LogP contribution in [-0.4, -0.2) is 43.2 Å². The zero-order chi connectivity index (χ0) is 21.1. The number of hydrogen-bond donors (Lipinski definition) is 0. The minimum Gasteiger partial charge on any atom is -0.487 e. The monoisotopic (exact) mass is 430 g/mol. The van der Waals surface area contributed by atoms with Crippen molar-refractivity contribution in [3.63, 3.8) is 0 Å². The minimum atomic E-state index is -3.11. The smallest absolute Gasteiger partial charge is 0.227 e. The molecular weight excluding hydrogens is 404 g/mol. The fourth-order valence-corrected chi connectivity index (χ4v) is 4.78. The Kier molecular flexibility index (Phi) is 5.97. The molecule has 1 saturated heterocycles. The number of hydrogen-bond acceptors (Lipinski definition) is 5. The Hall–Kier alpha value is -2.58. The standard InChI is InChI=1S/C22H26N2O5S/c1-30(26,27)24-9-6-17(7-10-24)8-11-28-22-16-29-20(12-21(22)25)15-23-13-18-4-2-3-5-19(18)14-23/h2-5,12-14,16-17H,6-11,15H2,1H3. The van der Waals surface area contributed by atoms with Gasteiger partial charge in [0.15, 0.2) is 0 Å². The van der Waals surface area contributed by atoms with Crippen LogP contribution in [0.3, 0.4) is 0 Å². The van der Waals surface area contributed by atoms with Gasteiger partial charge in [-0.15, -0.1) is 0 Å². The lowest BCUT2D eigenvalue weighted by atomic mass is 9.95. The third-order valence-electron chi connectivity index (χ3n) is 5.62. The molecule has 0 unspecified atom stereocenters. The molecule has 8 heteroatoms. The van der Waals surface area contributed by atoms with E-state index in [0.29, 0.717) is 37.9 Å². The number of aromatic nitrogens is 1. The Labute approximate surface area is 175 Å². The molecule has 0 aliphatic carbocycles. The van der Waals surface area contributed by atoms with Gasteiger partial charge in [0, 0.05) is 31.5 Å². The lowest BCUT2D eigenvalue weighted by molar-refractivity contribution is 0.215. The third-order valence-corrected chi connectivity index (χ3v) is 6.93. The molecule has 7 nitrogen and oxygen atoms in total. The summed E-state index contributed by atoms with van der Waals surface area (Å²) < 4.78 is 37.9. The number of benzene rings is 1. The molecule has 3 heterocycles. The van der Waals surface area contributed by atoms with Crippen LogP contribution in [0.5, 0.6) is 5.75 Å². The number of sulfonamides is 1. The van der Waals surface area contributed by atoms with E-state index >= 15 is 0 Å². The van der Waals surface area contributed by atoms with Crippen LogP contribution in [-0.2, 0) is 16.6 Å². The van der Waals surface area contributed by atoms with Crippen LogP contribution < -0.4 is 10.2 Å². The maximum absolute atomic E-state index is 12.4. The van der Waals surface area contributed by atoms with Gasteiger partial charge in [-0.2, -0.15) is 0 Å². The summed E-state index contributed by atoms with van der Waals surface area (Å²) in [5.41, 5.74) is -0.195. The average molecular weight is 431 g/mol. The van der Waals surface area contributed by atoms with Crippen molar-refractivity contribution in [2.24, 2.45) is 5.92 Å². The first kappa shape index (κ1) is 20.7. The molecule has 0 radical (unpaired) electrons. The summed E-state index contributed by atoms with van der Waals surface area (Å²) in [5, 5.41) is 2.28. The summed E-state index contributed by atoms with van der Waals surface area (Å²) in [7, 11) is -3.11. The van der Waals surface area contributed by atoms with Gasteiger partial charge >= 0.3 is 0 Å². The Balaban J connectivity index is 1.29. The zero-order valence-electron chi connectivity index (χ0n) is 17.0. The van der Waals surface area contributed by atoms with Crippen LogP contribution in [0.15, 0.2) is 58.2 Å². The number of nitrogens with zero attached hydrogens (tertiary/aromatic N) is 2. The molecule has 2 aromatic heterocycles. The fraction of sp³-hybridized carbons (Fsp3) is 0.409. The van der Waals surface area contributed by atoms with Crippen molar-refractivity contribution in [3.05, 3.63) is 65.0 Å². The molecular formula is C22H26N2O5S. The van der Waals surface area contributed by atoms with E-state index in [4.69, 9.17) is 9.15 Å². The van der Waals surface area contributed by atoms with Gasteiger partial charge in [-0.3, -0.25) is 4.79 Å². The topological polar surface area (TPSA) is 81.8 Å². The zero-order valence-corrected chi connectivity index (χ0v) is 17.8. The van der Waals surface area contributed by atoms with Gasteiger partial charge in [-0.05, 0) is 36.0 Å².